The van der Waals surface area contributed by atoms with Crippen LogP contribution in [0.25, 0.3) is 0 Å². The maximum atomic E-state index is 12.2. The van der Waals surface area contributed by atoms with Crippen LogP contribution in [0.2, 0.25) is 0 Å². The van der Waals surface area contributed by atoms with Crippen LogP contribution in [0, 0.1) is 17.0 Å². The summed E-state index contributed by atoms with van der Waals surface area (Å²) in [7, 11) is 1.20. The van der Waals surface area contributed by atoms with E-state index >= 15 is 0 Å². The number of nitro groups is 1. The number of hydrogen-bond donors (Lipinski definition) is 0. The molecule has 2 rings (SSSR count). The molecule has 1 aromatic carbocycles. The molecule has 0 amide bonds. The highest BCUT2D eigenvalue weighted by atomic mass is 16.6. The molecule has 7 heteroatoms. The van der Waals surface area contributed by atoms with Crippen molar-refractivity contribution < 1.29 is 14.5 Å². The molecule has 0 aliphatic carbocycles. The van der Waals surface area contributed by atoms with Crippen LogP contribution in [0.3, 0.4) is 0 Å². The first-order valence-corrected chi connectivity index (χ1v) is 6.46. The zero-order chi connectivity index (χ0) is 16.3. The SMILES string of the molecule is COC(=O)C(c1ccccc1)n1c(C)c([N+](=O)[O-])ccc1=O. The van der Waals surface area contributed by atoms with Crippen LogP contribution in [0.4, 0.5) is 5.69 Å². The van der Waals surface area contributed by atoms with Gasteiger partial charge in [0.1, 0.15) is 0 Å². The van der Waals surface area contributed by atoms with E-state index < -0.39 is 22.5 Å². The van der Waals surface area contributed by atoms with Crippen LogP contribution < -0.4 is 5.56 Å². The lowest BCUT2D eigenvalue weighted by Crippen LogP contribution is -2.33. The molecule has 2 aromatic rings. The van der Waals surface area contributed by atoms with Gasteiger partial charge >= 0.3 is 5.97 Å². The van der Waals surface area contributed by atoms with E-state index in [0.29, 0.717) is 5.56 Å². The van der Waals surface area contributed by atoms with Crippen LogP contribution in [-0.4, -0.2) is 22.6 Å². The molecule has 0 radical (unpaired) electrons. The second-order valence-corrected chi connectivity index (χ2v) is 4.61. The Balaban J connectivity index is 2.73. The predicted molar refractivity (Wildman–Crippen MR) is 78.7 cm³/mol. The van der Waals surface area contributed by atoms with Gasteiger partial charge in [-0.2, -0.15) is 0 Å². The van der Waals surface area contributed by atoms with Gasteiger partial charge in [0, 0.05) is 12.1 Å². The molecule has 114 valence electrons. The van der Waals surface area contributed by atoms with Crippen LogP contribution in [0.1, 0.15) is 17.3 Å². The zero-order valence-corrected chi connectivity index (χ0v) is 12.1. The largest absolute Gasteiger partial charge is 0.467 e. The summed E-state index contributed by atoms with van der Waals surface area (Å²) in [5.41, 5.74) is -0.136. The van der Waals surface area contributed by atoms with Gasteiger partial charge in [0.25, 0.3) is 11.2 Å². The van der Waals surface area contributed by atoms with Crippen molar-refractivity contribution >= 4 is 11.7 Å². The molecule has 1 atom stereocenters. The maximum Gasteiger partial charge on any atom is 0.333 e. The fraction of sp³-hybridized carbons (Fsp3) is 0.200. The third kappa shape index (κ3) is 2.73. The van der Waals surface area contributed by atoms with E-state index in [1.807, 2.05) is 0 Å². The highest BCUT2D eigenvalue weighted by molar-refractivity contribution is 5.78. The average Bonchev–Trinajstić information content (AvgIpc) is 2.51. The van der Waals surface area contributed by atoms with Crippen molar-refractivity contribution in [3.8, 4) is 0 Å². The summed E-state index contributed by atoms with van der Waals surface area (Å²) >= 11 is 0. The van der Waals surface area contributed by atoms with Crippen molar-refractivity contribution in [2.45, 2.75) is 13.0 Å². The second kappa shape index (κ2) is 6.21. The van der Waals surface area contributed by atoms with Gasteiger partial charge < -0.3 is 4.74 Å². The van der Waals surface area contributed by atoms with Crippen molar-refractivity contribution in [1.82, 2.24) is 4.57 Å². The van der Waals surface area contributed by atoms with Crippen LogP contribution in [0.5, 0.6) is 0 Å². The highest BCUT2D eigenvalue weighted by Crippen LogP contribution is 2.24. The Morgan fingerprint density at radius 3 is 2.41 bits per heavy atom. The summed E-state index contributed by atoms with van der Waals surface area (Å²) < 4.78 is 5.85. The lowest BCUT2D eigenvalue weighted by molar-refractivity contribution is -0.386. The molecule has 7 nitrogen and oxygen atoms in total. The first-order valence-electron chi connectivity index (χ1n) is 6.46. The Hall–Kier alpha value is -2.96. The van der Waals surface area contributed by atoms with E-state index in [4.69, 9.17) is 4.74 Å². The van der Waals surface area contributed by atoms with Gasteiger partial charge in [-0.1, -0.05) is 30.3 Å². The molecule has 1 heterocycles. The minimum atomic E-state index is -1.07. The minimum absolute atomic E-state index is 0.0942. The lowest BCUT2D eigenvalue weighted by atomic mass is 10.1. The van der Waals surface area contributed by atoms with Crippen molar-refractivity contribution in [2.75, 3.05) is 7.11 Å². The number of hydrogen-bond acceptors (Lipinski definition) is 5. The number of aromatic nitrogens is 1. The number of ether oxygens (including phenoxy) is 1. The molecule has 1 unspecified atom stereocenters. The van der Waals surface area contributed by atoms with Gasteiger partial charge in [-0.3, -0.25) is 19.5 Å². The Morgan fingerprint density at radius 1 is 1.23 bits per heavy atom. The van der Waals surface area contributed by atoms with Gasteiger partial charge in [0.05, 0.1) is 17.7 Å². The molecular weight excluding hydrogens is 288 g/mol. The Bertz CT molecular complexity index is 767. The van der Waals surface area contributed by atoms with Crippen molar-refractivity contribution in [1.29, 1.82) is 0 Å². The van der Waals surface area contributed by atoms with E-state index in [9.17, 15) is 19.7 Å². The van der Waals surface area contributed by atoms with E-state index in [0.717, 1.165) is 16.7 Å². The molecule has 0 bridgehead atoms. The summed E-state index contributed by atoms with van der Waals surface area (Å²) in [5.74, 6) is -0.670. The summed E-state index contributed by atoms with van der Waals surface area (Å²) in [6.45, 7) is 1.43. The molecule has 1 aromatic heterocycles. The molecule has 22 heavy (non-hydrogen) atoms. The standard InChI is InChI=1S/C15H14N2O5/c1-10-12(17(20)21)8-9-13(18)16(10)14(15(19)22-2)11-6-4-3-5-7-11/h3-9,14H,1-2H3. The Labute approximate surface area is 125 Å². The zero-order valence-electron chi connectivity index (χ0n) is 12.1. The predicted octanol–water partition coefficient (Wildman–Crippen LogP) is 1.83. The Kier molecular flexibility index (Phi) is 4.36. The second-order valence-electron chi connectivity index (χ2n) is 4.61. The number of esters is 1. The normalized spacial score (nSPS) is 11.7. The summed E-state index contributed by atoms with van der Waals surface area (Å²) in [4.78, 5) is 34.8. The molecule has 0 N–H and O–H groups in total. The van der Waals surface area contributed by atoms with E-state index in [2.05, 4.69) is 0 Å². The number of pyridine rings is 1. The first kappa shape index (κ1) is 15.4. The number of benzene rings is 1. The molecular formula is C15H14N2O5. The van der Waals surface area contributed by atoms with Gasteiger partial charge in [-0.25, -0.2) is 4.79 Å². The Morgan fingerprint density at radius 2 is 1.86 bits per heavy atom. The fourth-order valence-electron chi connectivity index (χ4n) is 2.29. The summed E-state index contributed by atoms with van der Waals surface area (Å²) in [6.07, 6.45) is 0. The molecule has 0 saturated carbocycles. The van der Waals surface area contributed by atoms with Gasteiger partial charge in [0.15, 0.2) is 6.04 Å². The smallest absolute Gasteiger partial charge is 0.333 e. The third-order valence-electron chi connectivity index (χ3n) is 3.35. The first-order chi connectivity index (χ1) is 10.5. The highest BCUT2D eigenvalue weighted by Gasteiger charge is 2.28. The lowest BCUT2D eigenvalue weighted by Gasteiger charge is -2.20. The monoisotopic (exact) mass is 302 g/mol. The maximum absolute atomic E-state index is 12.2. The quantitative estimate of drug-likeness (QED) is 0.488. The molecule has 0 aliphatic heterocycles. The number of nitrogens with zero attached hydrogens (tertiary/aromatic N) is 2. The van der Waals surface area contributed by atoms with Crippen molar-refractivity contribution in [3.05, 3.63) is 74.2 Å². The van der Waals surface area contributed by atoms with Crippen LogP contribution in [0.15, 0.2) is 47.3 Å². The summed E-state index contributed by atoms with van der Waals surface area (Å²) in [6, 6.07) is 9.64. The minimum Gasteiger partial charge on any atom is -0.467 e. The van der Waals surface area contributed by atoms with E-state index in [1.54, 1.807) is 30.3 Å². The number of carbonyl (C=O) groups is 1. The van der Waals surface area contributed by atoms with Crippen molar-refractivity contribution in [2.24, 2.45) is 0 Å². The molecule has 0 saturated heterocycles. The topological polar surface area (TPSA) is 91.4 Å². The van der Waals surface area contributed by atoms with E-state index in [-0.39, 0.29) is 11.4 Å². The molecule has 0 aliphatic rings. The van der Waals surface area contributed by atoms with E-state index in [1.165, 1.54) is 14.0 Å². The number of carbonyl (C=O) groups excluding carboxylic acids is 1. The summed E-state index contributed by atoms with van der Waals surface area (Å²) in [5, 5.41) is 11.1. The van der Waals surface area contributed by atoms with Crippen molar-refractivity contribution in [3.63, 3.8) is 0 Å². The van der Waals surface area contributed by atoms with Crippen LogP contribution in [-0.2, 0) is 9.53 Å². The molecule has 0 fully saturated rings. The van der Waals surface area contributed by atoms with Gasteiger partial charge in [0.2, 0.25) is 0 Å². The fourth-order valence-corrected chi connectivity index (χ4v) is 2.29. The number of methoxy groups -OCH3 is 1. The van der Waals surface area contributed by atoms with Gasteiger partial charge in [-0.05, 0) is 12.5 Å². The third-order valence-corrected chi connectivity index (χ3v) is 3.35. The van der Waals surface area contributed by atoms with Crippen LogP contribution >= 0.6 is 0 Å². The van der Waals surface area contributed by atoms with Gasteiger partial charge in [-0.15, -0.1) is 0 Å². The average molecular weight is 302 g/mol. The number of rotatable bonds is 4. The molecule has 0 spiro atoms.